The van der Waals surface area contributed by atoms with E-state index in [1.54, 1.807) is 31.2 Å². The zero-order chi connectivity index (χ0) is 32.6. The van der Waals surface area contributed by atoms with Crippen molar-refractivity contribution in [3.8, 4) is 5.75 Å². The maximum absolute atomic E-state index is 13.6. The van der Waals surface area contributed by atoms with Crippen LogP contribution in [-0.2, 0) is 16.6 Å². The van der Waals surface area contributed by atoms with Crippen molar-refractivity contribution in [2.24, 2.45) is 5.92 Å². The van der Waals surface area contributed by atoms with Gasteiger partial charge in [0.05, 0.1) is 23.1 Å². The number of hydrogen-bond donors (Lipinski definition) is 0. The monoisotopic (exact) mass is 628 g/mol. The summed E-state index contributed by atoms with van der Waals surface area (Å²) in [6.07, 6.45) is 5.58. The SMILES string of the molecule is CC(=O)C(c1ccccc1)(c1ccccc1)C1CCN(CCc2ccc(OCCCCCCN3C(=O)c4ccccc4C3=O)cc2)C1. The van der Waals surface area contributed by atoms with E-state index < -0.39 is 5.41 Å². The number of benzene rings is 4. The van der Waals surface area contributed by atoms with Crippen molar-refractivity contribution in [1.82, 2.24) is 9.80 Å². The quantitative estimate of drug-likeness (QED) is 0.102. The Kier molecular flexibility index (Phi) is 10.3. The molecule has 0 radical (unpaired) electrons. The fraction of sp³-hybridized carbons (Fsp3) is 0.341. The summed E-state index contributed by atoms with van der Waals surface area (Å²) in [4.78, 5) is 42.5. The maximum atomic E-state index is 13.6. The fourth-order valence-corrected chi connectivity index (χ4v) is 7.52. The molecule has 2 aliphatic rings. The summed E-state index contributed by atoms with van der Waals surface area (Å²) in [6.45, 7) is 5.69. The number of ether oxygens (including phenoxy) is 1. The highest BCUT2D eigenvalue weighted by molar-refractivity contribution is 6.21. The van der Waals surface area contributed by atoms with Crippen LogP contribution in [0.2, 0.25) is 0 Å². The van der Waals surface area contributed by atoms with Crippen LogP contribution in [0.1, 0.15) is 76.4 Å². The summed E-state index contributed by atoms with van der Waals surface area (Å²) in [5.41, 5.74) is 3.83. The molecule has 0 bridgehead atoms. The Morgan fingerprint density at radius 1 is 0.723 bits per heavy atom. The van der Waals surface area contributed by atoms with Crippen LogP contribution in [0.25, 0.3) is 0 Å². The summed E-state index contributed by atoms with van der Waals surface area (Å²) in [5, 5.41) is 0. The highest BCUT2D eigenvalue weighted by Gasteiger charge is 2.48. The second-order valence-corrected chi connectivity index (χ2v) is 12.8. The molecule has 0 aromatic heterocycles. The predicted molar refractivity (Wildman–Crippen MR) is 185 cm³/mol. The molecule has 4 aromatic rings. The van der Waals surface area contributed by atoms with Crippen LogP contribution in [0.15, 0.2) is 109 Å². The molecule has 1 fully saturated rings. The first kappa shape index (κ1) is 32.4. The molecule has 242 valence electrons. The van der Waals surface area contributed by atoms with Crippen molar-refractivity contribution < 1.29 is 19.1 Å². The highest BCUT2D eigenvalue weighted by atomic mass is 16.5. The van der Waals surface area contributed by atoms with E-state index in [4.69, 9.17) is 4.74 Å². The standard InChI is InChI=1S/C41H44N2O4/c1-31(44)41(33-14-6-4-7-15-33,34-16-8-5-9-17-34)35-25-28-42(30-35)27-24-32-20-22-36(23-21-32)47-29-13-3-2-12-26-43-39(45)37-18-10-11-19-38(37)40(43)46/h4-11,14-23,35H,2-3,12-13,24-30H2,1H3. The summed E-state index contributed by atoms with van der Waals surface area (Å²) in [7, 11) is 0. The molecule has 1 unspecified atom stereocenters. The van der Waals surface area contributed by atoms with Crippen molar-refractivity contribution in [2.45, 2.75) is 50.9 Å². The summed E-state index contributed by atoms with van der Waals surface area (Å²) in [5.74, 6) is 0.936. The van der Waals surface area contributed by atoms with Gasteiger partial charge in [-0.15, -0.1) is 0 Å². The molecule has 6 rings (SSSR count). The third kappa shape index (κ3) is 6.93. The molecular formula is C41H44N2O4. The molecule has 0 aliphatic carbocycles. The zero-order valence-corrected chi connectivity index (χ0v) is 27.3. The Hall–Kier alpha value is -4.55. The third-order valence-corrected chi connectivity index (χ3v) is 9.96. The summed E-state index contributed by atoms with van der Waals surface area (Å²) in [6, 6.07) is 36.1. The largest absolute Gasteiger partial charge is 0.494 e. The molecule has 1 atom stereocenters. The molecule has 6 nitrogen and oxygen atoms in total. The minimum absolute atomic E-state index is 0.178. The van der Waals surface area contributed by atoms with Gasteiger partial charge in [-0.2, -0.15) is 0 Å². The van der Waals surface area contributed by atoms with Gasteiger partial charge in [0.2, 0.25) is 0 Å². The smallest absolute Gasteiger partial charge is 0.261 e. The third-order valence-electron chi connectivity index (χ3n) is 9.96. The molecule has 6 heteroatoms. The Labute approximate surface area is 278 Å². The Morgan fingerprint density at radius 3 is 1.89 bits per heavy atom. The maximum Gasteiger partial charge on any atom is 0.261 e. The topological polar surface area (TPSA) is 66.9 Å². The number of carbonyl (C=O) groups excluding carboxylic acids is 3. The van der Waals surface area contributed by atoms with E-state index in [-0.39, 0.29) is 23.5 Å². The Balaban J connectivity index is 0.933. The lowest BCUT2D eigenvalue weighted by Crippen LogP contribution is -2.44. The van der Waals surface area contributed by atoms with Crippen molar-refractivity contribution >= 4 is 17.6 Å². The Morgan fingerprint density at radius 2 is 1.30 bits per heavy atom. The average Bonchev–Trinajstić information content (AvgIpc) is 3.67. The zero-order valence-electron chi connectivity index (χ0n) is 27.3. The van der Waals surface area contributed by atoms with Crippen LogP contribution in [0.3, 0.4) is 0 Å². The predicted octanol–water partition coefficient (Wildman–Crippen LogP) is 7.36. The number of hydrogen-bond acceptors (Lipinski definition) is 5. The van der Waals surface area contributed by atoms with E-state index in [2.05, 4.69) is 53.4 Å². The number of rotatable bonds is 15. The van der Waals surface area contributed by atoms with Crippen LogP contribution in [0.4, 0.5) is 0 Å². The second-order valence-electron chi connectivity index (χ2n) is 12.8. The number of nitrogens with zero attached hydrogens (tertiary/aromatic N) is 2. The molecule has 1 saturated heterocycles. The fourth-order valence-electron chi connectivity index (χ4n) is 7.52. The Bertz CT molecular complexity index is 1590. The number of imide groups is 1. The minimum atomic E-state index is -0.644. The molecular weight excluding hydrogens is 584 g/mol. The van der Waals surface area contributed by atoms with E-state index in [0.717, 1.165) is 75.0 Å². The molecule has 47 heavy (non-hydrogen) atoms. The van der Waals surface area contributed by atoms with Gasteiger partial charge in [-0.3, -0.25) is 19.3 Å². The molecule has 0 spiro atoms. The van der Waals surface area contributed by atoms with E-state index in [1.807, 2.05) is 36.4 Å². The van der Waals surface area contributed by atoms with Crippen molar-refractivity contribution in [1.29, 1.82) is 0 Å². The van der Waals surface area contributed by atoms with Gasteiger partial charge in [-0.05, 0) is 86.0 Å². The van der Waals surface area contributed by atoms with Crippen LogP contribution in [0, 0.1) is 5.92 Å². The number of unbranched alkanes of at least 4 members (excludes halogenated alkanes) is 3. The van der Waals surface area contributed by atoms with Gasteiger partial charge in [-0.1, -0.05) is 97.8 Å². The van der Waals surface area contributed by atoms with E-state index in [0.29, 0.717) is 24.3 Å². The highest BCUT2D eigenvalue weighted by Crippen LogP contribution is 2.44. The van der Waals surface area contributed by atoms with Gasteiger partial charge in [0, 0.05) is 19.6 Å². The minimum Gasteiger partial charge on any atom is -0.494 e. The van der Waals surface area contributed by atoms with Crippen LogP contribution in [-0.4, -0.2) is 60.2 Å². The first-order valence-electron chi connectivity index (χ1n) is 17.0. The van der Waals surface area contributed by atoms with Crippen molar-refractivity contribution in [3.63, 3.8) is 0 Å². The van der Waals surface area contributed by atoms with Gasteiger partial charge >= 0.3 is 0 Å². The lowest BCUT2D eigenvalue weighted by Gasteiger charge is -2.38. The lowest BCUT2D eigenvalue weighted by atomic mass is 9.63. The summed E-state index contributed by atoms with van der Waals surface area (Å²) < 4.78 is 5.99. The molecule has 2 amide bonds. The van der Waals surface area contributed by atoms with Crippen molar-refractivity contribution in [3.05, 3.63) is 137 Å². The van der Waals surface area contributed by atoms with Crippen LogP contribution in [0.5, 0.6) is 5.75 Å². The first-order chi connectivity index (χ1) is 23.0. The van der Waals surface area contributed by atoms with Crippen LogP contribution < -0.4 is 4.74 Å². The van der Waals surface area contributed by atoms with Gasteiger partial charge in [-0.25, -0.2) is 0 Å². The summed E-state index contributed by atoms with van der Waals surface area (Å²) >= 11 is 0. The number of amides is 2. The van der Waals surface area contributed by atoms with Crippen LogP contribution >= 0.6 is 0 Å². The van der Waals surface area contributed by atoms with Gasteiger partial charge in [0.15, 0.2) is 0 Å². The second kappa shape index (κ2) is 14.9. The molecule has 0 saturated carbocycles. The van der Waals surface area contributed by atoms with Gasteiger partial charge < -0.3 is 9.64 Å². The molecule has 2 heterocycles. The van der Waals surface area contributed by atoms with E-state index in [9.17, 15) is 14.4 Å². The van der Waals surface area contributed by atoms with Gasteiger partial charge in [0.1, 0.15) is 11.5 Å². The number of ketones is 1. The van der Waals surface area contributed by atoms with Crippen molar-refractivity contribution in [2.75, 3.05) is 32.8 Å². The molecule has 0 N–H and O–H groups in total. The van der Waals surface area contributed by atoms with E-state index >= 15 is 0 Å². The van der Waals surface area contributed by atoms with E-state index in [1.165, 1.54) is 10.5 Å². The molecule has 2 aliphatic heterocycles. The van der Waals surface area contributed by atoms with Gasteiger partial charge in [0.25, 0.3) is 11.8 Å². The normalized spacial score (nSPS) is 16.4. The average molecular weight is 629 g/mol. The molecule has 4 aromatic carbocycles. The number of carbonyl (C=O) groups is 3. The first-order valence-corrected chi connectivity index (χ1v) is 17.0. The lowest BCUT2D eigenvalue weighted by molar-refractivity contribution is -0.122. The number of likely N-dealkylation sites (tertiary alicyclic amines) is 1. The number of fused-ring (bicyclic) bond motifs is 1. The number of Topliss-reactive ketones (excluding diaryl/α,β-unsaturated/α-hetero) is 1.